The smallest absolute Gasteiger partial charge is 0.328 e. The van der Waals surface area contributed by atoms with Crippen LogP contribution in [-0.4, -0.2) is 88.6 Å². The number of hydrogen-bond donors (Lipinski definition) is 8. The first-order valence-corrected chi connectivity index (χ1v) is 12.7. The van der Waals surface area contributed by atoms with E-state index in [1.54, 1.807) is 0 Å². The lowest BCUT2D eigenvalue weighted by atomic mass is 9.80. The van der Waals surface area contributed by atoms with E-state index in [2.05, 4.69) is 0 Å². The lowest BCUT2D eigenvalue weighted by Crippen LogP contribution is -2.06. The molecule has 8 N–H and O–H groups in total. The van der Waals surface area contributed by atoms with Crippen LogP contribution in [0.15, 0.2) is 72.4 Å². The van der Waals surface area contributed by atoms with Crippen molar-refractivity contribution < 1.29 is 79.2 Å². The first-order chi connectivity index (χ1) is 22.4. The van der Waals surface area contributed by atoms with Gasteiger partial charge in [0.2, 0.25) is 0 Å². The average molecular weight is 665 g/mol. The summed E-state index contributed by atoms with van der Waals surface area (Å²) in [6, 6.07) is 0. The molecule has 0 bridgehead atoms. The van der Waals surface area contributed by atoms with Gasteiger partial charge in [0.1, 0.15) is 0 Å². The maximum absolute atomic E-state index is 11.7. The van der Waals surface area contributed by atoms with Crippen molar-refractivity contribution in [3.05, 3.63) is 106 Å². The van der Waals surface area contributed by atoms with Crippen LogP contribution in [0.3, 0.4) is 0 Å². The number of hydrogen-bond acceptors (Lipinski definition) is 8. The van der Waals surface area contributed by atoms with Gasteiger partial charge in [0, 0.05) is 48.6 Å². The van der Waals surface area contributed by atoms with Crippen molar-refractivity contribution in [3.8, 4) is 0 Å². The minimum absolute atomic E-state index is 0.309. The van der Waals surface area contributed by atoms with Gasteiger partial charge in [-0.15, -0.1) is 0 Å². The average Bonchev–Trinajstić information content (AvgIpc) is 2.96. The lowest BCUT2D eigenvalue weighted by Gasteiger charge is -2.22. The van der Waals surface area contributed by atoms with Crippen molar-refractivity contribution in [1.29, 1.82) is 0 Å². The van der Waals surface area contributed by atoms with Crippen molar-refractivity contribution in [2.45, 2.75) is 0 Å². The Hall–Kier alpha value is -7.36. The molecule has 1 aromatic carbocycles. The molecule has 0 radical (unpaired) electrons. The van der Waals surface area contributed by atoms with Crippen LogP contribution in [0.5, 0.6) is 0 Å². The van der Waals surface area contributed by atoms with E-state index in [1.807, 2.05) is 0 Å². The minimum Gasteiger partial charge on any atom is -0.478 e. The van der Waals surface area contributed by atoms with Crippen molar-refractivity contribution in [2.24, 2.45) is 0 Å². The first kappa shape index (κ1) is 38.7. The summed E-state index contributed by atoms with van der Waals surface area (Å²) < 4.78 is 0. The fraction of sp³-hybridized carbons (Fsp3) is 0. The van der Waals surface area contributed by atoms with Gasteiger partial charge in [-0.05, 0) is 93.1 Å². The van der Waals surface area contributed by atoms with Crippen LogP contribution in [0, 0.1) is 0 Å². The van der Waals surface area contributed by atoms with Crippen LogP contribution in [0.2, 0.25) is 0 Å². The summed E-state index contributed by atoms with van der Waals surface area (Å²) >= 11 is 0. The maximum atomic E-state index is 11.7. The zero-order valence-corrected chi connectivity index (χ0v) is 24.1. The van der Waals surface area contributed by atoms with E-state index in [0.717, 1.165) is 48.6 Å². The van der Waals surface area contributed by atoms with Crippen LogP contribution in [0.4, 0.5) is 0 Å². The normalized spacial score (nSPS) is 12.0. The van der Waals surface area contributed by atoms with E-state index < -0.39 is 64.5 Å². The Bertz CT molecular complexity index is 1720. The van der Waals surface area contributed by atoms with Gasteiger partial charge in [0.25, 0.3) is 0 Å². The standard InChI is InChI=1S/C32H24O16/c33-24(34)9-1-17(2-10-25(35)36)18(3-11-26(37)38)32-22(7-15-30(45)46)20(5-13-28(41)42)19(4-12-27(39)40)21(6-14-29(43)44)23(32)8-16-31(47)48/h1-16H,(H,33,34)(H,35,36)(H,37,38)(H,39,40)(H,41,42)(H,43,44)(H,45,46)(H,47,48). The second-order valence-corrected chi connectivity index (χ2v) is 8.68. The second-order valence-electron chi connectivity index (χ2n) is 8.68. The largest absolute Gasteiger partial charge is 0.478 e. The quantitative estimate of drug-likeness (QED) is 0.0877. The third-order valence-corrected chi connectivity index (χ3v) is 5.45. The molecule has 1 rings (SSSR count). The molecule has 0 heterocycles. The van der Waals surface area contributed by atoms with Gasteiger partial charge in [-0.3, -0.25) is 0 Å². The van der Waals surface area contributed by atoms with Crippen molar-refractivity contribution >= 4 is 83.7 Å². The summed E-state index contributed by atoms with van der Waals surface area (Å²) in [5.74, 6) is -12.7. The number of carboxylic acids is 8. The molecule has 0 aliphatic rings. The SMILES string of the molecule is O=C(O)C=CC(C=CC(=O)O)=C(C=CC(=O)O)c1c(C=CC(=O)O)c(C=CC(=O)O)c(C=CC(=O)O)c(C=CC(=O)O)c1C=CC(=O)O. The summed E-state index contributed by atoms with van der Waals surface area (Å²) in [7, 11) is 0. The van der Waals surface area contributed by atoms with Crippen LogP contribution in [-0.2, 0) is 38.4 Å². The van der Waals surface area contributed by atoms with Gasteiger partial charge in [-0.1, -0.05) is 0 Å². The Morgan fingerprint density at radius 1 is 0.292 bits per heavy atom. The van der Waals surface area contributed by atoms with Crippen LogP contribution < -0.4 is 0 Å². The van der Waals surface area contributed by atoms with E-state index in [0.29, 0.717) is 48.6 Å². The molecule has 0 amide bonds. The predicted molar refractivity (Wildman–Crippen MR) is 167 cm³/mol. The summed E-state index contributed by atoms with van der Waals surface area (Å²) in [5.41, 5.74) is -3.01. The second kappa shape index (κ2) is 18.4. The number of allylic oxidation sites excluding steroid dienone is 5. The summed E-state index contributed by atoms with van der Waals surface area (Å²) in [4.78, 5) is 92.5. The summed E-state index contributed by atoms with van der Waals surface area (Å²) in [6.07, 6.45) is 10.7. The molecule has 0 fully saturated rings. The highest BCUT2D eigenvalue weighted by atomic mass is 16.4. The zero-order valence-electron chi connectivity index (χ0n) is 24.1. The monoisotopic (exact) mass is 664 g/mol. The predicted octanol–water partition coefficient (Wildman–Crippen LogP) is 2.85. The molecular weight excluding hydrogens is 640 g/mol. The van der Waals surface area contributed by atoms with E-state index in [-0.39, 0.29) is 27.8 Å². The molecule has 0 saturated heterocycles. The lowest BCUT2D eigenvalue weighted by molar-refractivity contribution is -0.132. The third kappa shape index (κ3) is 13.1. The molecule has 1 aromatic rings. The van der Waals surface area contributed by atoms with Crippen LogP contribution >= 0.6 is 0 Å². The van der Waals surface area contributed by atoms with Crippen molar-refractivity contribution in [2.75, 3.05) is 0 Å². The van der Waals surface area contributed by atoms with Gasteiger partial charge in [-0.2, -0.15) is 0 Å². The molecule has 0 atom stereocenters. The molecule has 0 aliphatic heterocycles. The molecule has 0 unspecified atom stereocenters. The summed E-state index contributed by atoms with van der Waals surface area (Å²) in [6.45, 7) is 0. The van der Waals surface area contributed by atoms with Crippen LogP contribution in [0.1, 0.15) is 33.4 Å². The number of carbonyl (C=O) groups is 8. The molecular formula is C32H24O16. The van der Waals surface area contributed by atoms with Crippen molar-refractivity contribution in [3.63, 3.8) is 0 Å². The Kier molecular flexibility index (Phi) is 14.9. The van der Waals surface area contributed by atoms with Gasteiger partial charge in [0.05, 0.1) is 0 Å². The highest BCUT2D eigenvalue weighted by Gasteiger charge is 2.23. The molecule has 16 nitrogen and oxygen atoms in total. The molecule has 248 valence electrons. The fourth-order valence-electron chi connectivity index (χ4n) is 3.83. The zero-order chi connectivity index (χ0) is 36.6. The Morgan fingerprint density at radius 3 is 0.792 bits per heavy atom. The highest BCUT2D eigenvalue weighted by Crippen LogP contribution is 2.40. The van der Waals surface area contributed by atoms with Crippen molar-refractivity contribution in [1.82, 2.24) is 0 Å². The highest BCUT2D eigenvalue weighted by molar-refractivity contribution is 6.04. The topological polar surface area (TPSA) is 298 Å². The number of carboxylic acid groups (broad SMARTS) is 8. The van der Waals surface area contributed by atoms with Gasteiger partial charge < -0.3 is 40.9 Å². The molecule has 16 heteroatoms. The Balaban J connectivity index is 5.24. The number of rotatable bonds is 17. The van der Waals surface area contributed by atoms with E-state index >= 15 is 0 Å². The molecule has 0 spiro atoms. The third-order valence-electron chi connectivity index (χ3n) is 5.45. The maximum Gasteiger partial charge on any atom is 0.328 e. The molecule has 0 aromatic heterocycles. The van der Waals surface area contributed by atoms with E-state index in [4.69, 9.17) is 0 Å². The number of benzene rings is 1. The first-order valence-electron chi connectivity index (χ1n) is 12.7. The van der Waals surface area contributed by atoms with Gasteiger partial charge >= 0.3 is 47.8 Å². The Morgan fingerprint density at radius 2 is 0.521 bits per heavy atom. The van der Waals surface area contributed by atoms with E-state index in [1.165, 1.54) is 0 Å². The number of aliphatic carboxylic acids is 8. The molecule has 0 aliphatic carbocycles. The van der Waals surface area contributed by atoms with Gasteiger partial charge in [-0.25, -0.2) is 38.4 Å². The van der Waals surface area contributed by atoms with E-state index in [9.17, 15) is 79.2 Å². The molecule has 0 saturated carbocycles. The van der Waals surface area contributed by atoms with Gasteiger partial charge in [0.15, 0.2) is 0 Å². The summed E-state index contributed by atoms with van der Waals surface area (Å²) in [5, 5.41) is 75.1. The minimum atomic E-state index is -1.61. The van der Waals surface area contributed by atoms with Crippen LogP contribution in [0.25, 0.3) is 36.0 Å². The fourth-order valence-corrected chi connectivity index (χ4v) is 3.83. The molecule has 48 heavy (non-hydrogen) atoms. The Labute approximate surface area is 268 Å².